The molecule has 1 amide bonds. The third-order valence-corrected chi connectivity index (χ3v) is 10.2. The van der Waals surface area contributed by atoms with Crippen LogP contribution in [0.3, 0.4) is 0 Å². The van der Waals surface area contributed by atoms with Crippen molar-refractivity contribution < 1.29 is 24.2 Å². The minimum atomic E-state index is -1.16. The van der Waals surface area contributed by atoms with E-state index >= 15 is 0 Å². The lowest BCUT2D eigenvalue weighted by Gasteiger charge is -2.53. The van der Waals surface area contributed by atoms with Crippen LogP contribution in [0.5, 0.6) is 0 Å². The molecule has 0 aromatic heterocycles. The minimum Gasteiger partial charge on any atom is -0.477 e. The molecule has 4 heterocycles. The van der Waals surface area contributed by atoms with Gasteiger partial charge in [-0.25, -0.2) is 14.8 Å². The average molecular weight is 593 g/mol. The molecule has 0 radical (unpaired) electrons. The van der Waals surface area contributed by atoms with Crippen LogP contribution in [-0.4, -0.2) is 80.1 Å². The Morgan fingerprint density at radius 2 is 1.85 bits per heavy atom. The zero-order chi connectivity index (χ0) is 28.7. The van der Waals surface area contributed by atoms with Crippen molar-refractivity contribution in [2.24, 2.45) is 16.1 Å². The molecule has 0 aliphatic carbocycles. The van der Waals surface area contributed by atoms with Crippen molar-refractivity contribution in [3.05, 3.63) is 94.9 Å². The number of nitrogens with two attached hydrogens (primary N) is 1. The fourth-order valence-electron chi connectivity index (χ4n) is 5.09. The van der Waals surface area contributed by atoms with Crippen molar-refractivity contribution >= 4 is 47.1 Å². The quantitative estimate of drug-likeness (QED) is 0.307. The van der Waals surface area contributed by atoms with Crippen LogP contribution in [0, 0.1) is 5.41 Å². The molecule has 4 N–H and O–H groups in total. The van der Waals surface area contributed by atoms with E-state index in [1.54, 1.807) is 28.2 Å². The van der Waals surface area contributed by atoms with Gasteiger partial charge in [0.05, 0.1) is 11.2 Å². The van der Waals surface area contributed by atoms with E-state index in [2.05, 4.69) is 10.5 Å². The molecule has 2 aromatic carbocycles. The Balaban J connectivity index is 1.31. The van der Waals surface area contributed by atoms with Crippen LogP contribution < -0.4 is 11.3 Å². The Labute approximate surface area is 245 Å². The second kappa shape index (κ2) is 10.9. The first-order valence-corrected chi connectivity index (χ1v) is 15.0. The first kappa shape index (κ1) is 27.4. The summed E-state index contributed by atoms with van der Waals surface area (Å²) in [5, 5.41) is 13.3. The number of carbonyl (C=O) groups excluding carboxylic acids is 2. The summed E-state index contributed by atoms with van der Waals surface area (Å²) in [4.78, 5) is 44.6. The lowest BCUT2D eigenvalue weighted by molar-refractivity contribution is -0.163. The number of fused-ring (bicyclic) bond motifs is 2. The number of hydrazine groups is 2. The number of hydrogen-bond donors (Lipinski definition) is 3. The predicted octanol–water partition coefficient (Wildman–Crippen LogP) is 2.13. The number of thioether (sulfide) groups is 2. The van der Waals surface area contributed by atoms with Gasteiger partial charge in [-0.3, -0.25) is 14.6 Å². The molecule has 0 spiro atoms. The number of amides is 1. The van der Waals surface area contributed by atoms with Crippen molar-refractivity contribution in [2.75, 3.05) is 25.1 Å². The fourth-order valence-corrected chi connectivity index (χ4v) is 7.90. The number of aliphatic imine (C=N–C) groups is 1. The molecule has 3 atom stereocenters. The molecule has 2 fully saturated rings. The monoisotopic (exact) mass is 592 g/mol. The smallest absolute Gasteiger partial charge is 0.354 e. The van der Waals surface area contributed by atoms with Crippen molar-refractivity contribution in [1.82, 2.24) is 20.5 Å². The fraction of sp³-hybridized carbons (Fsp3) is 0.286. The van der Waals surface area contributed by atoms with Gasteiger partial charge in [-0.15, -0.1) is 29.1 Å². The number of hydrogen-bond acceptors (Lipinski definition) is 11. The highest BCUT2D eigenvalue weighted by molar-refractivity contribution is 8.03. The summed E-state index contributed by atoms with van der Waals surface area (Å²) < 4.78 is 6.32. The lowest BCUT2D eigenvalue weighted by atomic mass is 9.89. The number of rotatable bonds is 8. The molecule has 2 unspecified atom stereocenters. The number of carbonyl (C=O) groups is 3. The van der Waals surface area contributed by atoms with E-state index in [1.165, 1.54) is 29.6 Å². The molecule has 0 saturated carbocycles. The standard InChI is InChI=1S/C28H28N6O5S2/c1-32-13-20-30-19(26(36)37)12-21(34(20)31-32)40-15-28(14-33-24(35)22(29)25(33)41-16-28)27(38)39-23(17-8-4-2-5-9-17)18-10-6-3-7-11-18/h2-13,22-23,25,31H,14-16,29H2,1H3,(H,36,37)/t22?,25-,28?/m1/s1. The maximum Gasteiger partial charge on any atom is 0.354 e. The van der Waals surface area contributed by atoms with Gasteiger partial charge in [0.1, 0.15) is 16.8 Å². The summed E-state index contributed by atoms with van der Waals surface area (Å²) in [5.41, 5.74) is 9.59. The lowest BCUT2D eigenvalue weighted by Crippen LogP contribution is -2.72. The van der Waals surface area contributed by atoms with Gasteiger partial charge in [-0.2, -0.15) is 0 Å². The summed E-state index contributed by atoms with van der Waals surface area (Å²) >= 11 is 2.78. The van der Waals surface area contributed by atoms with Crippen molar-refractivity contribution in [1.29, 1.82) is 0 Å². The van der Waals surface area contributed by atoms with Crippen LogP contribution in [-0.2, 0) is 19.1 Å². The molecular formula is C28H28N6O5S2. The number of nitrogens with zero attached hydrogens (tertiary/aromatic N) is 4. The molecule has 4 aliphatic rings. The number of carboxylic acids is 1. The van der Waals surface area contributed by atoms with Gasteiger partial charge in [-0.1, -0.05) is 60.7 Å². The maximum absolute atomic E-state index is 14.3. The Morgan fingerprint density at radius 1 is 1.20 bits per heavy atom. The first-order chi connectivity index (χ1) is 19.8. The van der Waals surface area contributed by atoms with Gasteiger partial charge in [-0.05, 0) is 11.1 Å². The summed E-state index contributed by atoms with van der Waals surface area (Å²) in [6.07, 6.45) is 2.49. The predicted molar refractivity (Wildman–Crippen MR) is 156 cm³/mol. The van der Waals surface area contributed by atoms with Gasteiger partial charge >= 0.3 is 11.9 Å². The third-order valence-electron chi connectivity index (χ3n) is 7.28. The average Bonchev–Trinajstić information content (AvgIpc) is 3.39. The number of β-lactam (4-membered cyclic amide) rings is 1. The second-order valence-corrected chi connectivity index (χ2v) is 12.3. The zero-order valence-corrected chi connectivity index (χ0v) is 23.7. The van der Waals surface area contributed by atoms with Crippen LogP contribution in [0.15, 0.2) is 88.8 Å². The highest BCUT2D eigenvalue weighted by Gasteiger charge is 2.56. The van der Waals surface area contributed by atoms with Gasteiger partial charge < -0.3 is 20.5 Å². The molecule has 13 heteroatoms. The summed E-state index contributed by atoms with van der Waals surface area (Å²) in [6.45, 7) is 0.155. The molecule has 4 aliphatic heterocycles. The van der Waals surface area contributed by atoms with E-state index in [0.717, 1.165) is 11.1 Å². The molecular weight excluding hydrogens is 564 g/mol. The highest BCUT2D eigenvalue weighted by atomic mass is 32.2. The maximum atomic E-state index is 14.3. The summed E-state index contributed by atoms with van der Waals surface area (Å²) in [5.74, 6) is -0.751. The first-order valence-electron chi connectivity index (χ1n) is 12.9. The SMILES string of the molecule is CN1C=C2N=C(C(=O)O)C=C(SCC3(C(=O)OC(c4ccccc4)c4ccccc4)CS[C@@H]4C(N)C(=O)N4C3)N2N1. The Kier molecular flexibility index (Phi) is 7.28. The van der Waals surface area contributed by atoms with Gasteiger partial charge in [0.15, 0.2) is 17.6 Å². The number of carboxylic acid groups (broad SMARTS) is 1. The van der Waals surface area contributed by atoms with Crippen molar-refractivity contribution in [3.8, 4) is 0 Å². The second-order valence-electron chi connectivity index (χ2n) is 10.2. The molecule has 0 bridgehead atoms. The van der Waals surface area contributed by atoms with E-state index in [0.29, 0.717) is 16.6 Å². The molecule has 2 aromatic rings. The molecule has 212 valence electrons. The van der Waals surface area contributed by atoms with Gasteiger partial charge in [0.2, 0.25) is 5.91 Å². The van der Waals surface area contributed by atoms with Crippen molar-refractivity contribution in [2.45, 2.75) is 17.5 Å². The van der Waals surface area contributed by atoms with Crippen LogP contribution in [0.2, 0.25) is 0 Å². The van der Waals surface area contributed by atoms with Gasteiger partial charge in [0.25, 0.3) is 0 Å². The normalized spacial score (nSPS) is 25.1. The molecule has 41 heavy (non-hydrogen) atoms. The van der Waals surface area contributed by atoms with Gasteiger partial charge in [0, 0.05) is 31.2 Å². The summed E-state index contributed by atoms with van der Waals surface area (Å²) in [7, 11) is 1.77. The topological polar surface area (TPSA) is 141 Å². The van der Waals surface area contributed by atoms with E-state index in [9.17, 15) is 19.5 Å². The minimum absolute atomic E-state index is 0.112. The number of esters is 1. The summed E-state index contributed by atoms with van der Waals surface area (Å²) in [6, 6.07) is 18.5. The number of benzene rings is 2. The molecule has 11 nitrogen and oxygen atoms in total. The van der Waals surface area contributed by atoms with E-state index in [1.807, 2.05) is 60.7 Å². The van der Waals surface area contributed by atoms with Crippen LogP contribution in [0.1, 0.15) is 17.2 Å². The van der Waals surface area contributed by atoms with Crippen LogP contribution >= 0.6 is 23.5 Å². The Bertz CT molecular complexity index is 1430. The third kappa shape index (κ3) is 5.10. The Morgan fingerprint density at radius 3 is 2.49 bits per heavy atom. The number of nitrogens with one attached hydrogen (secondary N) is 1. The highest BCUT2D eigenvalue weighted by Crippen LogP contribution is 2.46. The van der Waals surface area contributed by atoms with Crippen molar-refractivity contribution in [3.63, 3.8) is 0 Å². The van der Waals surface area contributed by atoms with E-state index in [-0.39, 0.29) is 29.3 Å². The largest absolute Gasteiger partial charge is 0.477 e. The van der Waals surface area contributed by atoms with E-state index in [4.69, 9.17) is 10.5 Å². The Hall–Kier alpha value is -3.78. The molecule has 2 saturated heterocycles. The number of aliphatic carboxylic acids is 1. The molecule has 6 rings (SSSR count). The zero-order valence-electron chi connectivity index (χ0n) is 22.0. The van der Waals surface area contributed by atoms with Crippen LogP contribution in [0.25, 0.3) is 0 Å². The van der Waals surface area contributed by atoms with E-state index < -0.39 is 29.5 Å². The van der Waals surface area contributed by atoms with Crippen LogP contribution in [0.4, 0.5) is 0 Å². The number of ether oxygens (including phenoxy) is 1.